The summed E-state index contributed by atoms with van der Waals surface area (Å²) in [7, 11) is 0. The summed E-state index contributed by atoms with van der Waals surface area (Å²) in [6.45, 7) is 5.10. The highest BCUT2D eigenvalue weighted by molar-refractivity contribution is 5.97. The van der Waals surface area contributed by atoms with E-state index in [1.165, 1.54) is 18.3 Å². The van der Waals surface area contributed by atoms with Gasteiger partial charge in [-0.05, 0) is 17.5 Å². The number of amides is 1. The molecule has 0 saturated carbocycles. The molecule has 0 bridgehead atoms. The van der Waals surface area contributed by atoms with E-state index in [0.717, 1.165) is 0 Å². The monoisotopic (exact) mass is 252 g/mol. The smallest absolute Gasteiger partial charge is 0.326 e. The molecule has 98 valence electrons. The first kappa shape index (κ1) is 14.0. The van der Waals surface area contributed by atoms with E-state index in [0.29, 0.717) is 0 Å². The molecule has 3 N–H and O–H groups in total. The molecule has 6 nitrogen and oxygen atoms in total. The lowest BCUT2D eigenvalue weighted by Crippen LogP contribution is -2.49. The minimum Gasteiger partial charge on any atom is -0.505 e. The van der Waals surface area contributed by atoms with Crippen molar-refractivity contribution in [3.63, 3.8) is 0 Å². The fraction of sp³-hybridized carbons (Fsp3) is 0.417. The van der Waals surface area contributed by atoms with Crippen molar-refractivity contribution in [2.24, 2.45) is 5.41 Å². The Labute approximate surface area is 105 Å². The third-order valence-corrected chi connectivity index (χ3v) is 2.39. The zero-order chi connectivity index (χ0) is 13.9. The molecule has 0 aromatic carbocycles. The second-order valence-electron chi connectivity index (χ2n) is 4.98. The van der Waals surface area contributed by atoms with Gasteiger partial charge in [0.05, 0.1) is 0 Å². The number of hydrogen-bond donors (Lipinski definition) is 3. The zero-order valence-corrected chi connectivity index (χ0v) is 10.5. The first-order valence-corrected chi connectivity index (χ1v) is 5.41. The maximum absolute atomic E-state index is 11.8. The van der Waals surface area contributed by atoms with Crippen LogP contribution in [-0.2, 0) is 4.79 Å². The Hall–Kier alpha value is -2.11. The Bertz CT molecular complexity index is 465. The zero-order valence-electron chi connectivity index (χ0n) is 10.5. The summed E-state index contributed by atoms with van der Waals surface area (Å²) in [5, 5.41) is 20.9. The van der Waals surface area contributed by atoms with Crippen molar-refractivity contribution in [3.8, 4) is 5.75 Å². The molecule has 1 atom stereocenters. The normalized spacial score (nSPS) is 12.8. The van der Waals surface area contributed by atoms with Crippen LogP contribution in [0.5, 0.6) is 5.75 Å². The van der Waals surface area contributed by atoms with Crippen molar-refractivity contribution in [1.82, 2.24) is 10.3 Å². The van der Waals surface area contributed by atoms with Crippen molar-refractivity contribution >= 4 is 11.9 Å². The SMILES string of the molecule is CC(C)(C)C(NC(=O)c1ncccc1O)C(=O)O. The highest BCUT2D eigenvalue weighted by atomic mass is 16.4. The summed E-state index contributed by atoms with van der Waals surface area (Å²) in [5.41, 5.74) is -0.834. The van der Waals surface area contributed by atoms with Gasteiger partial charge in [-0.3, -0.25) is 4.79 Å². The molecule has 1 unspecified atom stereocenters. The van der Waals surface area contributed by atoms with Crippen molar-refractivity contribution in [2.45, 2.75) is 26.8 Å². The number of carbonyl (C=O) groups excluding carboxylic acids is 1. The molecule has 1 heterocycles. The van der Waals surface area contributed by atoms with Gasteiger partial charge in [-0.25, -0.2) is 9.78 Å². The summed E-state index contributed by atoms with van der Waals surface area (Å²) in [4.78, 5) is 26.6. The summed E-state index contributed by atoms with van der Waals surface area (Å²) in [6, 6.07) is 1.73. The number of pyridine rings is 1. The molecular formula is C12H16N2O4. The second-order valence-corrected chi connectivity index (χ2v) is 4.98. The van der Waals surface area contributed by atoms with Gasteiger partial charge >= 0.3 is 5.97 Å². The lowest BCUT2D eigenvalue weighted by atomic mass is 9.86. The van der Waals surface area contributed by atoms with Gasteiger partial charge in [0, 0.05) is 6.20 Å². The van der Waals surface area contributed by atoms with E-state index in [4.69, 9.17) is 5.11 Å². The summed E-state index contributed by atoms with van der Waals surface area (Å²) >= 11 is 0. The molecule has 0 aliphatic rings. The topological polar surface area (TPSA) is 99.5 Å². The molecule has 0 spiro atoms. The van der Waals surface area contributed by atoms with Crippen LogP contribution in [0.15, 0.2) is 18.3 Å². The predicted octanol–water partition coefficient (Wildman–Crippen LogP) is 1.02. The van der Waals surface area contributed by atoms with Gasteiger partial charge < -0.3 is 15.5 Å². The van der Waals surface area contributed by atoms with Crippen LogP contribution in [0.25, 0.3) is 0 Å². The van der Waals surface area contributed by atoms with Crippen molar-refractivity contribution in [3.05, 3.63) is 24.0 Å². The van der Waals surface area contributed by atoms with Crippen molar-refractivity contribution in [1.29, 1.82) is 0 Å². The average Bonchev–Trinajstić information content (AvgIpc) is 2.24. The van der Waals surface area contributed by atoms with Crippen LogP contribution in [0, 0.1) is 5.41 Å². The third-order valence-electron chi connectivity index (χ3n) is 2.39. The molecule has 0 aliphatic carbocycles. The van der Waals surface area contributed by atoms with Gasteiger partial charge in [0.15, 0.2) is 5.69 Å². The lowest BCUT2D eigenvalue weighted by Gasteiger charge is -2.27. The van der Waals surface area contributed by atoms with E-state index in [9.17, 15) is 14.7 Å². The van der Waals surface area contributed by atoms with Crippen molar-refractivity contribution in [2.75, 3.05) is 0 Å². The molecule has 6 heteroatoms. The molecule has 0 aliphatic heterocycles. The predicted molar refractivity (Wildman–Crippen MR) is 64.2 cm³/mol. The number of aromatic hydroxyl groups is 1. The summed E-state index contributed by atoms with van der Waals surface area (Å²) in [6.07, 6.45) is 1.35. The Morgan fingerprint density at radius 1 is 1.39 bits per heavy atom. The molecule has 0 radical (unpaired) electrons. The number of hydrogen-bond acceptors (Lipinski definition) is 4. The molecule has 1 aromatic heterocycles. The molecule has 0 saturated heterocycles. The van der Waals surface area contributed by atoms with Crippen LogP contribution in [0.4, 0.5) is 0 Å². The number of carboxylic acid groups (broad SMARTS) is 1. The highest BCUT2D eigenvalue weighted by Crippen LogP contribution is 2.20. The van der Waals surface area contributed by atoms with E-state index in [-0.39, 0.29) is 11.4 Å². The lowest BCUT2D eigenvalue weighted by molar-refractivity contribution is -0.142. The number of rotatable bonds is 3. The highest BCUT2D eigenvalue weighted by Gasteiger charge is 2.33. The number of aromatic nitrogens is 1. The van der Waals surface area contributed by atoms with E-state index in [1.54, 1.807) is 20.8 Å². The maximum Gasteiger partial charge on any atom is 0.326 e. The van der Waals surface area contributed by atoms with Crippen LogP contribution in [0.3, 0.4) is 0 Å². The number of aliphatic carboxylic acids is 1. The number of nitrogens with zero attached hydrogens (tertiary/aromatic N) is 1. The first-order chi connectivity index (χ1) is 8.23. The third kappa shape index (κ3) is 3.19. The van der Waals surface area contributed by atoms with Gasteiger partial charge in [-0.15, -0.1) is 0 Å². The van der Waals surface area contributed by atoms with Gasteiger partial charge in [0.2, 0.25) is 0 Å². The fourth-order valence-corrected chi connectivity index (χ4v) is 1.42. The Morgan fingerprint density at radius 2 is 2.00 bits per heavy atom. The van der Waals surface area contributed by atoms with Crippen LogP contribution in [0.1, 0.15) is 31.3 Å². The van der Waals surface area contributed by atoms with E-state index in [2.05, 4.69) is 10.3 Å². The Balaban J connectivity index is 2.93. The van der Waals surface area contributed by atoms with Crippen LogP contribution in [-0.4, -0.2) is 33.1 Å². The molecule has 1 rings (SSSR count). The molecule has 1 aromatic rings. The quantitative estimate of drug-likeness (QED) is 0.745. The number of carbonyl (C=O) groups is 2. The molecule has 1 amide bonds. The largest absolute Gasteiger partial charge is 0.505 e. The average molecular weight is 252 g/mol. The Kier molecular flexibility index (Phi) is 3.90. The maximum atomic E-state index is 11.8. The minimum absolute atomic E-state index is 0.187. The standard InChI is InChI=1S/C12H16N2O4/c1-12(2,3)9(11(17)18)14-10(16)8-7(15)5-4-6-13-8/h4-6,9,15H,1-3H3,(H,14,16)(H,17,18). The van der Waals surface area contributed by atoms with Crippen LogP contribution < -0.4 is 5.32 Å². The molecule has 0 fully saturated rings. The van der Waals surface area contributed by atoms with Gasteiger partial charge in [-0.2, -0.15) is 0 Å². The number of nitrogens with one attached hydrogen (secondary N) is 1. The summed E-state index contributed by atoms with van der Waals surface area (Å²) in [5.74, 6) is -2.13. The Morgan fingerprint density at radius 3 is 2.44 bits per heavy atom. The van der Waals surface area contributed by atoms with E-state index < -0.39 is 23.3 Å². The van der Waals surface area contributed by atoms with Gasteiger partial charge in [-0.1, -0.05) is 20.8 Å². The fourth-order valence-electron chi connectivity index (χ4n) is 1.42. The van der Waals surface area contributed by atoms with Crippen molar-refractivity contribution < 1.29 is 19.8 Å². The molecular weight excluding hydrogens is 236 g/mol. The van der Waals surface area contributed by atoms with Crippen LogP contribution in [0.2, 0.25) is 0 Å². The van der Waals surface area contributed by atoms with E-state index >= 15 is 0 Å². The van der Waals surface area contributed by atoms with E-state index in [1.807, 2.05) is 0 Å². The number of carboxylic acids is 1. The van der Waals surface area contributed by atoms with Gasteiger partial charge in [0.1, 0.15) is 11.8 Å². The minimum atomic E-state index is -1.13. The van der Waals surface area contributed by atoms with Gasteiger partial charge in [0.25, 0.3) is 5.91 Å². The molecule has 18 heavy (non-hydrogen) atoms. The van der Waals surface area contributed by atoms with Crippen LogP contribution >= 0.6 is 0 Å². The second kappa shape index (κ2) is 5.03. The summed E-state index contributed by atoms with van der Waals surface area (Å²) < 4.78 is 0. The first-order valence-electron chi connectivity index (χ1n) is 5.41.